The predicted molar refractivity (Wildman–Crippen MR) is 47.4 cm³/mol. The Labute approximate surface area is 76.7 Å². The molecule has 1 heterocycles. The number of nitrogens with zero attached hydrogens (tertiary/aromatic N) is 1. The molecule has 1 aliphatic heterocycles. The number of hydrogen-bond donors (Lipinski definition) is 1. The van der Waals surface area contributed by atoms with Crippen LogP contribution in [0.2, 0.25) is 0 Å². The first kappa shape index (κ1) is 8.68. The molecular formula is C8H9NO3S. The van der Waals surface area contributed by atoms with E-state index in [9.17, 15) is 8.42 Å². The minimum absolute atomic E-state index is 0.170. The lowest BCUT2D eigenvalue weighted by atomic mass is 10.2. The lowest BCUT2D eigenvalue weighted by Gasteiger charge is -1.98. The van der Waals surface area contributed by atoms with Crippen LogP contribution in [0.15, 0.2) is 30.3 Å². The van der Waals surface area contributed by atoms with Crippen LogP contribution < -0.4 is 0 Å². The Morgan fingerprint density at radius 3 is 2.38 bits per heavy atom. The van der Waals surface area contributed by atoms with Crippen LogP contribution in [-0.2, 0) is 10.3 Å². The van der Waals surface area contributed by atoms with E-state index in [4.69, 9.17) is 4.55 Å². The van der Waals surface area contributed by atoms with E-state index in [1.807, 2.05) is 30.3 Å². The number of hydrogen-bond acceptors (Lipinski definition) is 2. The normalized spacial score (nSPS) is 27.2. The summed E-state index contributed by atoms with van der Waals surface area (Å²) in [6.07, 6.45) is 0. The second kappa shape index (κ2) is 2.80. The maximum absolute atomic E-state index is 10.7. The van der Waals surface area contributed by atoms with Gasteiger partial charge >= 0.3 is 10.3 Å². The van der Waals surface area contributed by atoms with Crippen molar-refractivity contribution in [3.63, 3.8) is 0 Å². The van der Waals surface area contributed by atoms with Gasteiger partial charge in [-0.1, -0.05) is 30.3 Å². The molecule has 13 heavy (non-hydrogen) atoms. The molecule has 2 rings (SSSR count). The molecule has 5 heteroatoms. The SMILES string of the molecule is O=S(=O)(O)N1CC1c1ccccc1. The minimum Gasteiger partial charge on any atom is -0.273 e. The van der Waals surface area contributed by atoms with Crippen LogP contribution in [0.1, 0.15) is 11.6 Å². The predicted octanol–water partition coefficient (Wildman–Crippen LogP) is 0.846. The highest BCUT2D eigenvalue weighted by atomic mass is 32.2. The molecule has 2 atom stereocenters. The zero-order chi connectivity index (χ0) is 9.47. The largest absolute Gasteiger partial charge is 0.336 e. The van der Waals surface area contributed by atoms with E-state index in [1.165, 1.54) is 0 Å². The van der Waals surface area contributed by atoms with Gasteiger partial charge in [-0.3, -0.25) is 4.55 Å². The van der Waals surface area contributed by atoms with Gasteiger partial charge in [0.1, 0.15) is 0 Å². The van der Waals surface area contributed by atoms with Crippen LogP contribution in [0, 0.1) is 0 Å². The number of benzene rings is 1. The third-order valence-electron chi connectivity index (χ3n) is 2.05. The van der Waals surface area contributed by atoms with E-state index < -0.39 is 10.3 Å². The van der Waals surface area contributed by atoms with Gasteiger partial charge in [0.15, 0.2) is 0 Å². The van der Waals surface area contributed by atoms with Gasteiger partial charge in [-0.2, -0.15) is 12.7 Å². The molecule has 0 aromatic heterocycles. The van der Waals surface area contributed by atoms with Gasteiger partial charge in [-0.05, 0) is 5.56 Å². The first-order chi connectivity index (χ1) is 6.09. The molecule has 1 aromatic carbocycles. The third kappa shape index (κ3) is 1.72. The summed E-state index contributed by atoms with van der Waals surface area (Å²) >= 11 is 0. The lowest BCUT2D eigenvalue weighted by molar-refractivity contribution is 0.441. The fraction of sp³-hybridized carbons (Fsp3) is 0.250. The van der Waals surface area contributed by atoms with Crippen molar-refractivity contribution in [2.45, 2.75) is 6.04 Å². The van der Waals surface area contributed by atoms with Gasteiger partial charge in [0.05, 0.1) is 6.04 Å². The molecule has 1 saturated heterocycles. The summed E-state index contributed by atoms with van der Waals surface area (Å²) in [6, 6.07) is 9.07. The highest BCUT2D eigenvalue weighted by Crippen LogP contribution is 2.36. The smallest absolute Gasteiger partial charge is 0.273 e. The molecule has 4 nitrogen and oxygen atoms in total. The van der Waals surface area contributed by atoms with Gasteiger partial charge in [0.2, 0.25) is 0 Å². The van der Waals surface area contributed by atoms with Gasteiger partial charge in [0, 0.05) is 6.54 Å². The second-order valence-corrected chi connectivity index (χ2v) is 4.34. The van der Waals surface area contributed by atoms with Crippen molar-refractivity contribution in [2.75, 3.05) is 6.54 Å². The Bertz CT molecular complexity index is 401. The lowest BCUT2D eigenvalue weighted by Crippen LogP contribution is -2.09. The quantitative estimate of drug-likeness (QED) is 0.567. The molecule has 0 saturated carbocycles. The van der Waals surface area contributed by atoms with Gasteiger partial charge in [0.25, 0.3) is 0 Å². The van der Waals surface area contributed by atoms with Crippen LogP contribution in [0.25, 0.3) is 0 Å². The molecule has 1 N–H and O–H groups in total. The Morgan fingerprint density at radius 2 is 1.92 bits per heavy atom. The van der Waals surface area contributed by atoms with Crippen molar-refractivity contribution in [3.8, 4) is 0 Å². The van der Waals surface area contributed by atoms with Crippen molar-refractivity contribution >= 4 is 10.3 Å². The first-order valence-electron chi connectivity index (χ1n) is 3.88. The van der Waals surface area contributed by atoms with Crippen molar-refractivity contribution in [3.05, 3.63) is 35.9 Å². The highest BCUT2D eigenvalue weighted by molar-refractivity contribution is 7.83. The summed E-state index contributed by atoms with van der Waals surface area (Å²) in [5.41, 5.74) is 0.917. The van der Waals surface area contributed by atoms with Crippen molar-refractivity contribution in [1.82, 2.24) is 4.31 Å². The summed E-state index contributed by atoms with van der Waals surface area (Å²) in [6.45, 7) is 0.378. The molecule has 1 aliphatic rings. The van der Waals surface area contributed by atoms with Gasteiger partial charge in [-0.25, -0.2) is 0 Å². The van der Waals surface area contributed by atoms with Crippen molar-refractivity contribution in [2.24, 2.45) is 0 Å². The molecule has 1 aromatic rings. The van der Waals surface area contributed by atoms with Crippen LogP contribution >= 0.6 is 0 Å². The van der Waals surface area contributed by atoms with E-state index in [0.717, 1.165) is 9.87 Å². The molecule has 2 unspecified atom stereocenters. The zero-order valence-electron chi connectivity index (χ0n) is 6.79. The van der Waals surface area contributed by atoms with Gasteiger partial charge < -0.3 is 0 Å². The maximum Gasteiger partial charge on any atom is 0.336 e. The van der Waals surface area contributed by atoms with Crippen molar-refractivity contribution in [1.29, 1.82) is 0 Å². The van der Waals surface area contributed by atoms with Crippen molar-refractivity contribution < 1.29 is 13.0 Å². The summed E-state index contributed by atoms with van der Waals surface area (Å²) in [5.74, 6) is 0. The standard InChI is InChI=1S/C8H9NO3S/c10-13(11,12)9-6-8(9)7-4-2-1-3-5-7/h1-5,8H,6H2,(H,10,11,12). The molecule has 0 spiro atoms. The zero-order valence-corrected chi connectivity index (χ0v) is 7.61. The van der Waals surface area contributed by atoms with Crippen LogP contribution in [0.3, 0.4) is 0 Å². The molecule has 0 bridgehead atoms. The van der Waals surface area contributed by atoms with Crippen LogP contribution in [0.4, 0.5) is 0 Å². The van der Waals surface area contributed by atoms with E-state index >= 15 is 0 Å². The number of rotatable bonds is 2. The topological polar surface area (TPSA) is 57.4 Å². The molecule has 70 valence electrons. The molecule has 0 amide bonds. The Morgan fingerprint density at radius 1 is 1.31 bits per heavy atom. The molecule has 1 fully saturated rings. The minimum atomic E-state index is -3.99. The van der Waals surface area contributed by atoms with E-state index in [2.05, 4.69) is 0 Å². The Kier molecular flexibility index (Phi) is 1.87. The highest BCUT2D eigenvalue weighted by Gasteiger charge is 2.43. The van der Waals surface area contributed by atoms with Crippen LogP contribution in [0.5, 0.6) is 0 Å². The third-order valence-corrected chi connectivity index (χ3v) is 3.04. The Balaban J connectivity index is 2.18. The van der Waals surface area contributed by atoms with Crippen LogP contribution in [-0.4, -0.2) is 23.8 Å². The summed E-state index contributed by atoms with van der Waals surface area (Å²) in [5, 5.41) is 0. The van der Waals surface area contributed by atoms with E-state index in [-0.39, 0.29) is 6.04 Å². The summed E-state index contributed by atoms with van der Waals surface area (Å²) in [7, 11) is -3.99. The van der Waals surface area contributed by atoms with E-state index in [0.29, 0.717) is 6.54 Å². The second-order valence-electron chi connectivity index (χ2n) is 2.97. The monoisotopic (exact) mass is 199 g/mol. The average Bonchev–Trinajstić information content (AvgIpc) is 2.83. The first-order valence-corrected chi connectivity index (χ1v) is 5.28. The summed E-state index contributed by atoms with van der Waals surface area (Å²) < 4.78 is 31.0. The average molecular weight is 199 g/mol. The molecule has 0 radical (unpaired) electrons. The summed E-state index contributed by atoms with van der Waals surface area (Å²) in [4.78, 5) is 0. The van der Waals surface area contributed by atoms with Gasteiger partial charge in [-0.15, -0.1) is 0 Å². The Hall–Kier alpha value is -0.910. The van der Waals surface area contributed by atoms with E-state index in [1.54, 1.807) is 0 Å². The fourth-order valence-electron chi connectivity index (χ4n) is 1.33. The molecule has 0 aliphatic carbocycles. The maximum atomic E-state index is 10.7. The fourth-order valence-corrected chi connectivity index (χ4v) is 2.10. The molecular weight excluding hydrogens is 190 g/mol.